The molecule has 0 saturated heterocycles. The number of rotatable bonds is 6. The highest BCUT2D eigenvalue weighted by Gasteiger charge is 2.08. The van der Waals surface area contributed by atoms with Crippen molar-refractivity contribution in [3.05, 3.63) is 65.7 Å². The molecule has 0 aromatic heterocycles. The van der Waals surface area contributed by atoms with Gasteiger partial charge in [0.15, 0.2) is 0 Å². The van der Waals surface area contributed by atoms with E-state index >= 15 is 0 Å². The lowest BCUT2D eigenvalue weighted by molar-refractivity contribution is 0.164. The van der Waals surface area contributed by atoms with Crippen molar-refractivity contribution in [2.24, 2.45) is 0 Å². The molecule has 2 nitrogen and oxygen atoms in total. The lowest BCUT2D eigenvalue weighted by Gasteiger charge is -2.18. The van der Waals surface area contributed by atoms with Crippen LogP contribution in [-0.2, 0) is 6.42 Å². The van der Waals surface area contributed by atoms with E-state index in [0.717, 1.165) is 18.6 Å². The summed E-state index contributed by atoms with van der Waals surface area (Å²) in [6.45, 7) is 2.07. The van der Waals surface area contributed by atoms with E-state index in [2.05, 4.69) is 48.6 Å². The summed E-state index contributed by atoms with van der Waals surface area (Å²) >= 11 is 0. The van der Waals surface area contributed by atoms with Crippen molar-refractivity contribution in [3.8, 4) is 5.75 Å². The highest BCUT2D eigenvalue weighted by atomic mass is 16.5. The molecule has 2 rings (SSSR count). The molecular formula is C17H21NO. The lowest BCUT2D eigenvalue weighted by Crippen LogP contribution is -2.31. The summed E-state index contributed by atoms with van der Waals surface area (Å²) in [6, 6.07) is 18.7. The highest BCUT2D eigenvalue weighted by molar-refractivity contribution is 5.27. The maximum atomic E-state index is 5.96. The topological polar surface area (TPSA) is 21.3 Å². The maximum Gasteiger partial charge on any atom is 0.150 e. The average Bonchev–Trinajstić information content (AvgIpc) is 2.44. The molecular weight excluding hydrogens is 234 g/mol. The molecule has 0 amide bonds. The first-order valence-electron chi connectivity index (χ1n) is 6.72. The number of ether oxygens (including phenoxy) is 1. The van der Waals surface area contributed by atoms with Crippen LogP contribution in [0.5, 0.6) is 5.75 Å². The molecule has 100 valence electrons. The Morgan fingerprint density at radius 1 is 1.05 bits per heavy atom. The minimum atomic E-state index is 0.0435. The van der Waals surface area contributed by atoms with Gasteiger partial charge in [-0.15, -0.1) is 0 Å². The number of benzene rings is 2. The van der Waals surface area contributed by atoms with E-state index in [1.807, 2.05) is 25.2 Å². The van der Waals surface area contributed by atoms with E-state index in [-0.39, 0.29) is 6.23 Å². The molecule has 1 atom stereocenters. The third-order valence-corrected chi connectivity index (χ3v) is 3.13. The van der Waals surface area contributed by atoms with E-state index in [4.69, 9.17) is 4.74 Å². The van der Waals surface area contributed by atoms with Crippen LogP contribution in [-0.4, -0.2) is 13.3 Å². The second-order valence-corrected chi connectivity index (χ2v) is 4.74. The van der Waals surface area contributed by atoms with Crippen LogP contribution >= 0.6 is 0 Å². The van der Waals surface area contributed by atoms with Crippen molar-refractivity contribution >= 4 is 0 Å². The first-order valence-corrected chi connectivity index (χ1v) is 6.72. The van der Waals surface area contributed by atoms with Crippen molar-refractivity contribution in [1.82, 2.24) is 5.32 Å². The van der Waals surface area contributed by atoms with Gasteiger partial charge >= 0.3 is 0 Å². The van der Waals surface area contributed by atoms with Crippen molar-refractivity contribution in [2.45, 2.75) is 26.0 Å². The molecule has 1 N–H and O–H groups in total. The largest absolute Gasteiger partial charge is 0.475 e. The lowest BCUT2D eigenvalue weighted by atomic mass is 10.1. The predicted octanol–water partition coefficient (Wildman–Crippen LogP) is 3.55. The maximum absolute atomic E-state index is 5.96. The molecule has 2 aromatic carbocycles. The molecule has 0 fully saturated rings. The van der Waals surface area contributed by atoms with E-state index in [9.17, 15) is 0 Å². The Morgan fingerprint density at radius 2 is 1.84 bits per heavy atom. The summed E-state index contributed by atoms with van der Waals surface area (Å²) in [4.78, 5) is 0. The fourth-order valence-electron chi connectivity index (χ4n) is 2.06. The van der Waals surface area contributed by atoms with E-state index in [1.165, 1.54) is 11.1 Å². The zero-order valence-corrected chi connectivity index (χ0v) is 11.6. The van der Waals surface area contributed by atoms with Gasteiger partial charge in [-0.05, 0) is 43.7 Å². The average molecular weight is 255 g/mol. The van der Waals surface area contributed by atoms with Gasteiger partial charge in [0, 0.05) is 6.42 Å². The summed E-state index contributed by atoms with van der Waals surface area (Å²) in [6.07, 6.45) is 2.01. The van der Waals surface area contributed by atoms with Crippen LogP contribution in [0, 0.1) is 6.92 Å². The van der Waals surface area contributed by atoms with Crippen molar-refractivity contribution in [2.75, 3.05) is 7.05 Å². The Kier molecular flexibility index (Phi) is 4.99. The van der Waals surface area contributed by atoms with Crippen LogP contribution in [0.3, 0.4) is 0 Å². The van der Waals surface area contributed by atoms with E-state index in [0.29, 0.717) is 0 Å². The smallest absolute Gasteiger partial charge is 0.150 e. The summed E-state index contributed by atoms with van der Waals surface area (Å²) in [5.74, 6) is 0.924. The quantitative estimate of drug-likeness (QED) is 0.797. The number of hydrogen-bond donors (Lipinski definition) is 1. The Labute approximate surface area is 115 Å². The van der Waals surface area contributed by atoms with Crippen LogP contribution in [0.25, 0.3) is 0 Å². The first-order chi connectivity index (χ1) is 9.28. The van der Waals surface area contributed by atoms with Crippen LogP contribution in [0.2, 0.25) is 0 Å². The zero-order chi connectivity index (χ0) is 13.5. The number of hydrogen-bond acceptors (Lipinski definition) is 2. The molecule has 1 unspecified atom stereocenters. The van der Waals surface area contributed by atoms with Crippen LogP contribution < -0.4 is 10.1 Å². The van der Waals surface area contributed by atoms with E-state index < -0.39 is 0 Å². The van der Waals surface area contributed by atoms with Gasteiger partial charge in [0.05, 0.1) is 0 Å². The van der Waals surface area contributed by atoms with E-state index in [1.54, 1.807) is 0 Å². The van der Waals surface area contributed by atoms with Gasteiger partial charge in [-0.3, -0.25) is 5.32 Å². The molecule has 19 heavy (non-hydrogen) atoms. The third-order valence-electron chi connectivity index (χ3n) is 3.13. The summed E-state index contributed by atoms with van der Waals surface area (Å²) in [7, 11) is 1.94. The Balaban J connectivity index is 1.90. The summed E-state index contributed by atoms with van der Waals surface area (Å²) in [5, 5.41) is 3.22. The first kappa shape index (κ1) is 13.6. The molecule has 2 heteroatoms. The molecule has 0 spiro atoms. The molecule has 0 aliphatic carbocycles. The van der Waals surface area contributed by atoms with Gasteiger partial charge in [0.2, 0.25) is 0 Å². The van der Waals surface area contributed by atoms with Crippen LogP contribution in [0.15, 0.2) is 54.6 Å². The molecule has 0 radical (unpaired) electrons. The summed E-state index contributed by atoms with van der Waals surface area (Å²) in [5.41, 5.74) is 2.56. The Bertz CT molecular complexity index is 496. The van der Waals surface area contributed by atoms with Crippen molar-refractivity contribution < 1.29 is 4.74 Å². The SMILES string of the molecule is CNC(CCc1ccccc1)Oc1cccc(C)c1. The Morgan fingerprint density at radius 3 is 2.53 bits per heavy atom. The van der Waals surface area contributed by atoms with Crippen LogP contribution in [0.4, 0.5) is 0 Å². The number of aryl methyl sites for hydroxylation is 2. The number of nitrogens with one attached hydrogen (secondary N) is 1. The molecule has 0 bridgehead atoms. The zero-order valence-electron chi connectivity index (χ0n) is 11.6. The summed E-state index contributed by atoms with van der Waals surface area (Å²) < 4.78 is 5.96. The monoisotopic (exact) mass is 255 g/mol. The molecule has 0 aliphatic heterocycles. The van der Waals surface area contributed by atoms with Gasteiger partial charge in [-0.25, -0.2) is 0 Å². The van der Waals surface area contributed by atoms with Gasteiger partial charge in [-0.2, -0.15) is 0 Å². The highest BCUT2D eigenvalue weighted by Crippen LogP contribution is 2.15. The minimum Gasteiger partial charge on any atom is -0.475 e. The fourth-order valence-corrected chi connectivity index (χ4v) is 2.06. The van der Waals surface area contributed by atoms with Gasteiger partial charge in [-0.1, -0.05) is 42.5 Å². The molecule has 0 heterocycles. The van der Waals surface area contributed by atoms with Crippen molar-refractivity contribution in [1.29, 1.82) is 0 Å². The third kappa shape index (κ3) is 4.42. The second-order valence-electron chi connectivity index (χ2n) is 4.74. The second kappa shape index (κ2) is 6.95. The van der Waals surface area contributed by atoms with Gasteiger partial charge in [0.25, 0.3) is 0 Å². The molecule has 0 saturated carbocycles. The molecule has 0 aliphatic rings. The predicted molar refractivity (Wildman–Crippen MR) is 79.4 cm³/mol. The molecule has 2 aromatic rings. The van der Waals surface area contributed by atoms with Gasteiger partial charge < -0.3 is 4.74 Å². The van der Waals surface area contributed by atoms with Crippen LogP contribution in [0.1, 0.15) is 17.5 Å². The van der Waals surface area contributed by atoms with Crippen molar-refractivity contribution in [3.63, 3.8) is 0 Å². The standard InChI is InChI=1S/C17H21NO/c1-14-7-6-10-16(13-14)19-17(18-2)12-11-15-8-4-3-5-9-15/h3-10,13,17-18H,11-12H2,1-2H3. The minimum absolute atomic E-state index is 0.0435. The fraction of sp³-hybridized carbons (Fsp3) is 0.294. The normalized spacial score (nSPS) is 12.1. The Hall–Kier alpha value is -1.80. The van der Waals surface area contributed by atoms with Gasteiger partial charge in [0.1, 0.15) is 12.0 Å².